The number of anilines is 2. The molecule has 1 aromatic heterocycles. The summed E-state index contributed by atoms with van der Waals surface area (Å²) in [6.45, 7) is -0.453. The summed E-state index contributed by atoms with van der Waals surface area (Å²) >= 11 is 13.6. The van der Waals surface area contributed by atoms with Crippen LogP contribution in [0.15, 0.2) is 76.6 Å². The number of thiazole rings is 1. The van der Waals surface area contributed by atoms with Crippen LogP contribution < -0.4 is 15.1 Å². The summed E-state index contributed by atoms with van der Waals surface area (Å²) < 4.78 is 55.4. The molecule has 2 aliphatic rings. The zero-order valence-electron chi connectivity index (χ0n) is 21.9. The zero-order chi connectivity index (χ0) is 31.5. The van der Waals surface area contributed by atoms with Crippen molar-refractivity contribution in [3.8, 4) is 0 Å². The summed E-state index contributed by atoms with van der Waals surface area (Å²) in [7, 11) is 0. The van der Waals surface area contributed by atoms with Crippen LogP contribution in [0.2, 0.25) is 10.0 Å². The summed E-state index contributed by atoms with van der Waals surface area (Å²) in [6.07, 6.45) is -4.71. The molecule has 44 heavy (non-hydrogen) atoms. The van der Waals surface area contributed by atoms with Gasteiger partial charge in [0.1, 0.15) is 17.6 Å². The van der Waals surface area contributed by atoms with E-state index in [2.05, 4.69) is 5.32 Å². The van der Waals surface area contributed by atoms with E-state index in [0.29, 0.717) is 16.1 Å². The molecule has 0 spiro atoms. The number of nitrogens with one attached hydrogen (secondary N) is 1. The van der Waals surface area contributed by atoms with Crippen LogP contribution in [-0.2, 0) is 27.1 Å². The Kier molecular flexibility index (Phi) is 7.85. The Morgan fingerprint density at radius 2 is 1.66 bits per heavy atom. The van der Waals surface area contributed by atoms with Gasteiger partial charge in [-0.2, -0.15) is 13.2 Å². The highest BCUT2D eigenvalue weighted by Gasteiger charge is 2.57. The summed E-state index contributed by atoms with van der Waals surface area (Å²) in [5.74, 6) is -4.70. The Hall–Kier alpha value is -3.65. The van der Waals surface area contributed by atoms with Gasteiger partial charge in [-0.3, -0.25) is 23.7 Å². The van der Waals surface area contributed by atoms with Gasteiger partial charge < -0.3 is 5.32 Å². The minimum Gasteiger partial charge on any atom is -0.324 e. The number of fused-ring (bicyclic) bond motifs is 2. The highest BCUT2D eigenvalue weighted by molar-refractivity contribution is 8.00. The molecule has 3 atom stereocenters. The average molecular weight is 683 g/mol. The van der Waals surface area contributed by atoms with Gasteiger partial charge in [0.25, 0.3) is 0 Å². The Morgan fingerprint density at radius 3 is 2.34 bits per heavy atom. The molecule has 1 N–H and O–H groups in total. The van der Waals surface area contributed by atoms with E-state index in [1.54, 1.807) is 0 Å². The van der Waals surface area contributed by atoms with Gasteiger partial charge in [-0.1, -0.05) is 64.5 Å². The molecule has 0 bridgehead atoms. The number of alkyl halides is 3. The largest absolute Gasteiger partial charge is 0.416 e. The van der Waals surface area contributed by atoms with Gasteiger partial charge in [-0.15, -0.1) is 0 Å². The molecule has 1 fully saturated rings. The van der Waals surface area contributed by atoms with Crippen LogP contribution in [-0.4, -0.2) is 27.5 Å². The fraction of sp³-hybridized carbons (Fsp3) is 0.172. The molecular formula is C29H17Cl2F4N3O4S2. The van der Waals surface area contributed by atoms with Crippen LogP contribution in [0.3, 0.4) is 0 Å². The maximum Gasteiger partial charge on any atom is 0.416 e. The van der Waals surface area contributed by atoms with Crippen molar-refractivity contribution in [3.63, 3.8) is 0 Å². The first-order valence-electron chi connectivity index (χ1n) is 12.8. The minimum absolute atomic E-state index is 0.202. The summed E-state index contributed by atoms with van der Waals surface area (Å²) in [5.41, 5.74) is -0.533. The van der Waals surface area contributed by atoms with Gasteiger partial charge in [-0.25, -0.2) is 9.29 Å². The lowest BCUT2D eigenvalue weighted by molar-refractivity contribution is -0.137. The number of thioether (sulfide) groups is 1. The van der Waals surface area contributed by atoms with Crippen molar-refractivity contribution >= 4 is 75.4 Å². The number of amides is 3. The van der Waals surface area contributed by atoms with Crippen molar-refractivity contribution < 1.29 is 31.9 Å². The number of hydrogen-bond acceptors (Lipinski definition) is 6. The molecule has 2 aliphatic heterocycles. The third kappa shape index (κ3) is 5.42. The fourth-order valence-electron chi connectivity index (χ4n) is 5.28. The molecular weight excluding hydrogens is 665 g/mol. The number of benzene rings is 3. The van der Waals surface area contributed by atoms with Gasteiger partial charge in [0.05, 0.1) is 32.2 Å². The molecule has 4 aromatic rings. The molecule has 0 saturated carbocycles. The molecule has 0 radical (unpaired) electrons. The molecule has 3 amide bonds. The lowest BCUT2D eigenvalue weighted by Crippen LogP contribution is -2.33. The second-order valence-electron chi connectivity index (χ2n) is 9.95. The van der Waals surface area contributed by atoms with Crippen LogP contribution in [0.1, 0.15) is 21.9 Å². The van der Waals surface area contributed by atoms with Crippen molar-refractivity contribution in [2.45, 2.75) is 28.9 Å². The Balaban J connectivity index is 1.40. The number of rotatable bonds is 5. The number of hydrogen-bond donors (Lipinski definition) is 1. The van der Waals surface area contributed by atoms with E-state index >= 15 is 0 Å². The lowest BCUT2D eigenvalue weighted by atomic mass is 9.83. The fourth-order valence-corrected chi connectivity index (χ4v) is 8.35. The number of nitrogens with zero attached hydrogens (tertiary/aromatic N) is 2. The van der Waals surface area contributed by atoms with Gasteiger partial charge in [0.15, 0.2) is 0 Å². The second kappa shape index (κ2) is 11.4. The van der Waals surface area contributed by atoms with Crippen molar-refractivity contribution in [3.05, 3.63) is 108 Å². The predicted molar refractivity (Wildman–Crippen MR) is 159 cm³/mol. The van der Waals surface area contributed by atoms with Gasteiger partial charge in [0, 0.05) is 16.5 Å². The van der Waals surface area contributed by atoms with Crippen LogP contribution in [0, 0.1) is 11.7 Å². The average Bonchev–Trinajstić information content (AvgIpc) is 3.41. The van der Waals surface area contributed by atoms with Gasteiger partial charge in [-0.05, 0) is 54.1 Å². The highest BCUT2D eigenvalue weighted by atomic mass is 35.5. The topological polar surface area (TPSA) is 88.5 Å². The Labute approximate surface area is 264 Å². The summed E-state index contributed by atoms with van der Waals surface area (Å²) in [6, 6.07) is 13.5. The molecule has 226 valence electrons. The van der Waals surface area contributed by atoms with E-state index in [1.165, 1.54) is 53.1 Å². The van der Waals surface area contributed by atoms with Gasteiger partial charge >= 0.3 is 11.0 Å². The third-order valence-corrected chi connectivity index (χ3v) is 10.6. The zero-order valence-corrected chi connectivity index (χ0v) is 25.0. The second-order valence-corrected chi connectivity index (χ2v) is 12.9. The first-order chi connectivity index (χ1) is 20.8. The summed E-state index contributed by atoms with van der Waals surface area (Å²) in [5, 5.41) is 2.23. The van der Waals surface area contributed by atoms with Crippen molar-refractivity contribution in [2.75, 3.05) is 10.2 Å². The van der Waals surface area contributed by atoms with Crippen molar-refractivity contribution in [2.24, 2.45) is 5.92 Å². The van der Waals surface area contributed by atoms with Crippen LogP contribution in [0.25, 0.3) is 0 Å². The van der Waals surface area contributed by atoms with Crippen LogP contribution in [0.4, 0.5) is 28.9 Å². The number of imide groups is 1. The van der Waals surface area contributed by atoms with Gasteiger partial charge in [0.2, 0.25) is 17.7 Å². The number of carbonyl (C=O) groups is 3. The highest BCUT2D eigenvalue weighted by Crippen LogP contribution is 2.54. The molecule has 3 heterocycles. The molecule has 3 aromatic carbocycles. The lowest BCUT2D eigenvalue weighted by Gasteiger charge is -2.30. The molecule has 1 saturated heterocycles. The molecule has 7 nitrogen and oxygen atoms in total. The number of halogens is 6. The quantitative estimate of drug-likeness (QED) is 0.185. The predicted octanol–water partition coefficient (Wildman–Crippen LogP) is 6.81. The Bertz CT molecular complexity index is 1890. The molecule has 0 aliphatic carbocycles. The van der Waals surface area contributed by atoms with E-state index in [0.717, 1.165) is 46.2 Å². The van der Waals surface area contributed by atoms with Crippen molar-refractivity contribution in [1.29, 1.82) is 0 Å². The first kappa shape index (κ1) is 30.4. The monoisotopic (exact) mass is 681 g/mol. The molecule has 2 unspecified atom stereocenters. The minimum atomic E-state index is -4.71. The molecule has 15 heteroatoms. The van der Waals surface area contributed by atoms with E-state index in [9.17, 15) is 36.7 Å². The van der Waals surface area contributed by atoms with Crippen molar-refractivity contribution in [1.82, 2.24) is 4.57 Å². The van der Waals surface area contributed by atoms with E-state index in [1.807, 2.05) is 0 Å². The standard InChI is InChI=1S/C29H17Cl2F4N3O4S2/c30-18-9-8-16(11-19(18)31)36-20(39)12-37-27-24(44-28(37)42)21(13-4-6-15(32)7-5-13)22-23(43-27)26(41)38(25(22)40)17-3-1-2-14(10-17)29(33,34)35/h1-11,21-23H,12H2,(H,36,39)/t21-,22?,23?/m1/s1. The Morgan fingerprint density at radius 1 is 0.932 bits per heavy atom. The maximum atomic E-state index is 13.9. The smallest absolute Gasteiger partial charge is 0.324 e. The normalized spacial score (nSPS) is 19.6. The number of aromatic nitrogens is 1. The van der Waals surface area contributed by atoms with Crippen LogP contribution >= 0.6 is 46.3 Å². The maximum absolute atomic E-state index is 13.9. The van der Waals surface area contributed by atoms with E-state index < -0.39 is 63.8 Å². The number of carbonyl (C=O) groups excluding carboxylic acids is 3. The van der Waals surface area contributed by atoms with E-state index in [-0.39, 0.29) is 20.8 Å². The SMILES string of the molecule is O=C(Cn1c2c(sc1=O)[C@H](c1ccc(F)cc1)C1C(=O)N(c3cccc(C(F)(F)F)c3)C(=O)C1S2)Nc1ccc(Cl)c(Cl)c1. The van der Waals surface area contributed by atoms with E-state index in [4.69, 9.17) is 23.2 Å². The third-order valence-electron chi connectivity index (χ3n) is 7.22. The first-order valence-corrected chi connectivity index (χ1v) is 15.2. The van der Waals surface area contributed by atoms with Crippen LogP contribution in [0.5, 0.6) is 0 Å². The summed E-state index contributed by atoms with van der Waals surface area (Å²) in [4.78, 5) is 54.4. The molecule has 6 rings (SSSR count).